The first kappa shape index (κ1) is 18.4. The zero-order valence-electron chi connectivity index (χ0n) is 15.3. The van der Waals surface area contributed by atoms with Gasteiger partial charge in [-0.1, -0.05) is 60.2 Å². The SMILES string of the molecule is COC(=O)/C(=C\c1ccc(C)cc1)COc1ccc2ccccc2c1C=O. The molecule has 0 radical (unpaired) electrons. The lowest BCUT2D eigenvalue weighted by atomic mass is 10.0. The number of hydrogen-bond donors (Lipinski definition) is 0. The van der Waals surface area contributed by atoms with Crippen LogP contribution in [0.25, 0.3) is 16.8 Å². The summed E-state index contributed by atoms with van der Waals surface area (Å²) in [6, 6.07) is 19.0. The highest BCUT2D eigenvalue weighted by molar-refractivity contribution is 6.01. The molecule has 0 heterocycles. The average Bonchev–Trinajstić information content (AvgIpc) is 2.71. The third-order valence-electron chi connectivity index (χ3n) is 4.30. The Bertz CT molecular complexity index is 1000. The highest BCUT2D eigenvalue weighted by Crippen LogP contribution is 2.27. The van der Waals surface area contributed by atoms with E-state index in [0.29, 0.717) is 16.9 Å². The molecule has 0 saturated carbocycles. The Morgan fingerprint density at radius 3 is 2.44 bits per heavy atom. The van der Waals surface area contributed by atoms with Gasteiger partial charge in [-0.2, -0.15) is 0 Å². The number of aryl methyl sites for hydroxylation is 1. The fourth-order valence-electron chi connectivity index (χ4n) is 2.83. The van der Waals surface area contributed by atoms with Gasteiger partial charge >= 0.3 is 5.97 Å². The third kappa shape index (κ3) is 4.23. The molecule has 3 aromatic carbocycles. The van der Waals surface area contributed by atoms with Crippen molar-refractivity contribution >= 4 is 29.1 Å². The molecule has 0 aromatic heterocycles. The number of carbonyl (C=O) groups excluding carboxylic acids is 2. The minimum atomic E-state index is -0.469. The van der Waals surface area contributed by atoms with Crippen LogP contribution in [0.1, 0.15) is 21.5 Å². The summed E-state index contributed by atoms with van der Waals surface area (Å²) in [4.78, 5) is 23.7. The Morgan fingerprint density at radius 1 is 1.00 bits per heavy atom. The lowest BCUT2D eigenvalue weighted by Crippen LogP contribution is -2.13. The zero-order chi connectivity index (χ0) is 19.2. The van der Waals surface area contributed by atoms with Crippen molar-refractivity contribution in [3.63, 3.8) is 0 Å². The van der Waals surface area contributed by atoms with Crippen LogP contribution in [0.2, 0.25) is 0 Å². The van der Waals surface area contributed by atoms with Crippen LogP contribution in [0.5, 0.6) is 5.75 Å². The van der Waals surface area contributed by atoms with E-state index in [4.69, 9.17) is 9.47 Å². The second kappa shape index (κ2) is 8.32. The molecule has 3 aromatic rings. The van der Waals surface area contributed by atoms with Crippen molar-refractivity contribution in [2.75, 3.05) is 13.7 Å². The molecule has 0 aliphatic carbocycles. The molecule has 27 heavy (non-hydrogen) atoms. The van der Waals surface area contributed by atoms with E-state index in [0.717, 1.165) is 28.2 Å². The Hall–Kier alpha value is -3.40. The lowest BCUT2D eigenvalue weighted by Gasteiger charge is -2.12. The summed E-state index contributed by atoms with van der Waals surface area (Å²) < 4.78 is 10.7. The number of rotatable bonds is 6. The monoisotopic (exact) mass is 360 g/mol. The topological polar surface area (TPSA) is 52.6 Å². The molecule has 0 spiro atoms. The molecule has 0 fully saturated rings. The number of hydrogen-bond acceptors (Lipinski definition) is 4. The van der Waals surface area contributed by atoms with E-state index in [9.17, 15) is 9.59 Å². The first-order valence-corrected chi connectivity index (χ1v) is 8.57. The number of benzene rings is 3. The first-order chi connectivity index (χ1) is 13.1. The third-order valence-corrected chi connectivity index (χ3v) is 4.30. The molecule has 4 heteroatoms. The largest absolute Gasteiger partial charge is 0.488 e. The van der Waals surface area contributed by atoms with E-state index in [1.165, 1.54) is 7.11 Å². The van der Waals surface area contributed by atoms with E-state index in [2.05, 4.69) is 0 Å². The van der Waals surface area contributed by atoms with Crippen molar-refractivity contribution in [2.24, 2.45) is 0 Å². The number of fused-ring (bicyclic) bond motifs is 1. The summed E-state index contributed by atoms with van der Waals surface area (Å²) in [5, 5.41) is 1.77. The molecule has 0 amide bonds. The summed E-state index contributed by atoms with van der Waals surface area (Å²) in [7, 11) is 1.33. The Balaban J connectivity index is 1.89. The van der Waals surface area contributed by atoms with Crippen molar-refractivity contribution in [1.29, 1.82) is 0 Å². The standard InChI is InChI=1S/C23H20O4/c1-16-7-9-17(10-8-16)13-19(23(25)26-2)15-27-22-12-11-18-5-3-4-6-20(18)21(22)14-24/h3-14H,15H2,1-2H3/b19-13-. The molecule has 0 saturated heterocycles. The van der Waals surface area contributed by atoms with Crippen LogP contribution in [0.15, 0.2) is 66.2 Å². The van der Waals surface area contributed by atoms with E-state index in [-0.39, 0.29) is 6.61 Å². The fourth-order valence-corrected chi connectivity index (χ4v) is 2.83. The van der Waals surface area contributed by atoms with Crippen LogP contribution in [-0.4, -0.2) is 26.0 Å². The summed E-state index contributed by atoms with van der Waals surface area (Å²) >= 11 is 0. The highest BCUT2D eigenvalue weighted by Gasteiger charge is 2.14. The van der Waals surface area contributed by atoms with Gasteiger partial charge < -0.3 is 9.47 Å². The Labute approximate surface area is 158 Å². The maximum atomic E-state index is 12.1. The molecular weight excluding hydrogens is 340 g/mol. The molecule has 4 nitrogen and oxygen atoms in total. The maximum absolute atomic E-state index is 12.1. The minimum absolute atomic E-state index is 0.000268. The van der Waals surface area contributed by atoms with Crippen molar-refractivity contribution in [3.8, 4) is 5.75 Å². The Morgan fingerprint density at radius 2 is 1.74 bits per heavy atom. The highest BCUT2D eigenvalue weighted by atomic mass is 16.5. The molecular formula is C23H20O4. The molecule has 136 valence electrons. The van der Waals surface area contributed by atoms with Crippen LogP contribution in [0.3, 0.4) is 0 Å². The van der Waals surface area contributed by atoms with Crippen LogP contribution in [0, 0.1) is 6.92 Å². The van der Waals surface area contributed by atoms with Crippen molar-refractivity contribution in [1.82, 2.24) is 0 Å². The van der Waals surface area contributed by atoms with Gasteiger partial charge in [0.1, 0.15) is 12.4 Å². The van der Waals surface area contributed by atoms with Gasteiger partial charge in [-0.25, -0.2) is 4.79 Å². The Kier molecular flexibility index (Phi) is 5.67. The van der Waals surface area contributed by atoms with Gasteiger partial charge in [0.25, 0.3) is 0 Å². The van der Waals surface area contributed by atoms with Gasteiger partial charge in [0.15, 0.2) is 6.29 Å². The second-order valence-corrected chi connectivity index (χ2v) is 6.18. The summed E-state index contributed by atoms with van der Waals surface area (Å²) in [5.41, 5.74) is 2.84. The van der Waals surface area contributed by atoms with Crippen molar-refractivity contribution in [2.45, 2.75) is 6.92 Å². The zero-order valence-corrected chi connectivity index (χ0v) is 15.3. The molecule has 0 atom stereocenters. The summed E-state index contributed by atoms with van der Waals surface area (Å²) in [6.45, 7) is 2.00. The quantitative estimate of drug-likeness (QED) is 0.366. The number of methoxy groups -OCH3 is 1. The van der Waals surface area contributed by atoms with Gasteiger partial charge in [-0.15, -0.1) is 0 Å². The van der Waals surface area contributed by atoms with Gasteiger partial charge in [0.2, 0.25) is 0 Å². The van der Waals surface area contributed by atoms with Crippen LogP contribution in [-0.2, 0) is 9.53 Å². The first-order valence-electron chi connectivity index (χ1n) is 8.57. The van der Waals surface area contributed by atoms with E-state index in [1.807, 2.05) is 61.5 Å². The normalized spacial score (nSPS) is 11.3. The predicted octanol–water partition coefficient (Wildman–Crippen LogP) is 4.60. The number of aldehydes is 1. The van der Waals surface area contributed by atoms with Crippen molar-refractivity contribution < 1.29 is 19.1 Å². The number of ether oxygens (including phenoxy) is 2. The summed E-state index contributed by atoms with van der Waals surface area (Å²) in [5.74, 6) is -0.0357. The number of carbonyl (C=O) groups is 2. The molecule has 0 unspecified atom stereocenters. The molecule has 0 aliphatic rings. The van der Waals surface area contributed by atoms with Gasteiger partial charge in [0, 0.05) is 0 Å². The molecule has 0 aliphatic heterocycles. The fraction of sp³-hybridized carbons (Fsp3) is 0.130. The maximum Gasteiger partial charge on any atom is 0.337 e. The molecule has 3 rings (SSSR count). The van der Waals surface area contributed by atoms with Crippen LogP contribution < -0.4 is 4.74 Å². The average molecular weight is 360 g/mol. The van der Waals surface area contributed by atoms with Gasteiger partial charge in [0.05, 0.1) is 18.2 Å². The van der Waals surface area contributed by atoms with E-state index in [1.54, 1.807) is 12.1 Å². The van der Waals surface area contributed by atoms with E-state index >= 15 is 0 Å². The predicted molar refractivity (Wildman–Crippen MR) is 106 cm³/mol. The second-order valence-electron chi connectivity index (χ2n) is 6.18. The smallest absolute Gasteiger partial charge is 0.337 e. The van der Waals surface area contributed by atoms with Crippen LogP contribution in [0.4, 0.5) is 0 Å². The van der Waals surface area contributed by atoms with Gasteiger partial charge in [-0.05, 0) is 35.4 Å². The molecule has 0 N–H and O–H groups in total. The van der Waals surface area contributed by atoms with Gasteiger partial charge in [-0.3, -0.25) is 4.79 Å². The lowest BCUT2D eigenvalue weighted by molar-refractivity contribution is -0.136. The van der Waals surface area contributed by atoms with Crippen molar-refractivity contribution in [3.05, 3.63) is 82.9 Å². The van der Waals surface area contributed by atoms with Crippen LogP contribution >= 0.6 is 0 Å². The van der Waals surface area contributed by atoms with E-state index < -0.39 is 5.97 Å². The molecule has 0 bridgehead atoms. The summed E-state index contributed by atoms with van der Waals surface area (Å²) in [6.07, 6.45) is 2.51. The number of esters is 1. The minimum Gasteiger partial charge on any atom is -0.488 e.